The molecule has 0 spiro atoms. The lowest BCUT2D eigenvalue weighted by molar-refractivity contribution is -0.119. The molecule has 0 bridgehead atoms. The topological polar surface area (TPSA) is 115 Å². The van der Waals surface area contributed by atoms with Crippen molar-refractivity contribution in [2.24, 2.45) is 0 Å². The minimum absolute atomic E-state index is 0.220. The molecule has 0 aliphatic carbocycles. The van der Waals surface area contributed by atoms with E-state index < -0.39 is 6.04 Å². The summed E-state index contributed by atoms with van der Waals surface area (Å²) in [4.78, 5) is 36.2. The van der Waals surface area contributed by atoms with Gasteiger partial charge in [-0.1, -0.05) is 0 Å². The summed E-state index contributed by atoms with van der Waals surface area (Å²) in [5.74, 6) is -0.573. The molecule has 132 valence electrons. The van der Waals surface area contributed by atoms with Crippen LogP contribution in [0.2, 0.25) is 0 Å². The number of nitrogens with zero attached hydrogens (tertiary/aromatic N) is 5. The molecule has 0 saturated carbocycles. The van der Waals surface area contributed by atoms with Crippen molar-refractivity contribution in [3.8, 4) is 0 Å². The highest BCUT2D eigenvalue weighted by Gasteiger charge is 2.15. The molecule has 0 aliphatic heterocycles. The fraction of sp³-hybridized carbons (Fsp3) is 0.176. The summed E-state index contributed by atoms with van der Waals surface area (Å²) in [6, 6.07) is 6.28. The van der Waals surface area contributed by atoms with Gasteiger partial charge in [-0.05, 0) is 38.1 Å². The number of rotatable bonds is 5. The monoisotopic (exact) mass is 351 g/mol. The predicted octanol–water partition coefficient (Wildman–Crippen LogP) is 1.83. The summed E-state index contributed by atoms with van der Waals surface area (Å²) < 4.78 is 1.46. The first-order valence-corrected chi connectivity index (χ1v) is 7.88. The van der Waals surface area contributed by atoms with Crippen molar-refractivity contribution in [1.29, 1.82) is 0 Å². The third-order valence-corrected chi connectivity index (χ3v) is 3.64. The number of carbonyl (C=O) groups is 2. The molecule has 3 aromatic rings. The summed E-state index contributed by atoms with van der Waals surface area (Å²) in [5, 5.41) is 9.46. The Morgan fingerprint density at radius 1 is 1.04 bits per heavy atom. The summed E-state index contributed by atoms with van der Waals surface area (Å²) in [6.07, 6.45) is 5.81. The molecule has 3 rings (SSSR count). The van der Waals surface area contributed by atoms with Crippen molar-refractivity contribution in [3.05, 3.63) is 60.7 Å². The van der Waals surface area contributed by atoms with Crippen LogP contribution in [0.1, 0.15) is 29.1 Å². The number of nitrogens with one attached hydrogen (secondary N) is 2. The number of aromatic nitrogens is 5. The normalized spacial score (nSPS) is 11.6. The van der Waals surface area contributed by atoms with E-state index in [4.69, 9.17) is 0 Å². The van der Waals surface area contributed by atoms with Gasteiger partial charge in [-0.25, -0.2) is 14.6 Å². The lowest BCUT2D eigenvalue weighted by atomic mass is 10.2. The van der Waals surface area contributed by atoms with Crippen molar-refractivity contribution in [2.45, 2.75) is 19.9 Å². The number of aryl methyl sites for hydroxylation is 1. The molecular formula is C17H17N7O2. The van der Waals surface area contributed by atoms with E-state index in [0.717, 1.165) is 5.69 Å². The minimum atomic E-state index is -0.489. The smallest absolute Gasteiger partial charge is 0.275 e. The second kappa shape index (κ2) is 7.51. The van der Waals surface area contributed by atoms with Crippen LogP contribution in [0.3, 0.4) is 0 Å². The van der Waals surface area contributed by atoms with Crippen molar-refractivity contribution < 1.29 is 9.59 Å². The molecule has 2 aromatic heterocycles. The first kappa shape index (κ1) is 17.2. The van der Waals surface area contributed by atoms with Crippen LogP contribution in [0, 0.1) is 6.92 Å². The molecule has 1 unspecified atom stereocenters. The van der Waals surface area contributed by atoms with Crippen LogP contribution in [0.5, 0.6) is 0 Å². The maximum absolute atomic E-state index is 12.2. The van der Waals surface area contributed by atoms with Crippen LogP contribution < -0.4 is 10.6 Å². The van der Waals surface area contributed by atoms with Gasteiger partial charge in [0.25, 0.3) is 5.91 Å². The number of hydrogen-bond donors (Lipinski definition) is 2. The average molecular weight is 351 g/mol. The molecule has 0 aliphatic rings. The second-order valence-corrected chi connectivity index (χ2v) is 5.62. The number of hydrogen-bond acceptors (Lipinski definition) is 6. The van der Waals surface area contributed by atoms with Crippen LogP contribution in [-0.4, -0.2) is 36.5 Å². The molecular weight excluding hydrogens is 334 g/mol. The molecule has 0 saturated heterocycles. The number of anilines is 2. The molecule has 9 heteroatoms. The third kappa shape index (κ3) is 4.07. The highest BCUT2D eigenvalue weighted by Crippen LogP contribution is 2.16. The zero-order chi connectivity index (χ0) is 18.5. The SMILES string of the molecule is Cc1cnc(C(=O)Nc2ccc(NC(=O)C(C)n3cncn3)cc2)cn1. The van der Waals surface area contributed by atoms with E-state index in [2.05, 4.69) is 30.7 Å². The van der Waals surface area contributed by atoms with Crippen LogP contribution in [-0.2, 0) is 4.79 Å². The van der Waals surface area contributed by atoms with Gasteiger partial charge in [0.05, 0.1) is 11.9 Å². The van der Waals surface area contributed by atoms with Crippen LogP contribution in [0.25, 0.3) is 0 Å². The lowest BCUT2D eigenvalue weighted by Gasteiger charge is -2.12. The van der Waals surface area contributed by atoms with E-state index in [1.54, 1.807) is 38.1 Å². The minimum Gasteiger partial charge on any atom is -0.324 e. The molecule has 2 N–H and O–H groups in total. The van der Waals surface area contributed by atoms with E-state index in [0.29, 0.717) is 11.4 Å². The highest BCUT2D eigenvalue weighted by atomic mass is 16.2. The molecule has 2 amide bonds. The second-order valence-electron chi connectivity index (χ2n) is 5.62. The summed E-state index contributed by atoms with van der Waals surface area (Å²) >= 11 is 0. The van der Waals surface area contributed by atoms with Gasteiger partial charge in [-0.3, -0.25) is 14.6 Å². The first-order chi connectivity index (χ1) is 12.5. The van der Waals surface area contributed by atoms with Gasteiger partial charge in [0.15, 0.2) is 0 Å². The largest absolute Gasteiger partial charge is 0.324 e. The summed E-state index contributed by atoms with van der Waals surface area (Å²) in [6.45, 7) is 3.52. The molecule has 26 heavy (non-hydrogen) atoms. The maximum atomic E-state index is 12.2. The Kier molecular flexibility index (Phi) is 4.97. The number of amides is 2. The summed E-state index contributed by atoms with van der Waals surface area (Å²) in [5.41, 5.74) is 2.16. The molecule has 0 radical (unpaired) electrons. The van der Waals surface area contributed by atoms with Gasteiger partial charge in [-0.2, -0.15) is 5.10 Å². The number of carbonyl (C=O) groups excluding carboxylic acids is 2. The van der Waals surface area contributed by atoms with E-state index in [-0.39, 0.29) is 17.5 Å². The fourth-order valence-electron chi connectivity index (χ4n) is 2.13. The average Bonchev–Trinajstić information content (AvgIpc) is 3.18. The van der Waals surface area contributed by atoms with Crippen molar-refractivity contribution in [2.75, 3.05) is 10.6 Å². The Balaban J connectivity index is 1.60. The predicted molar refractivity (Wildman–Crippen MR) is 94.5 cm³/mol. The zero-order valence-corrected chi connectivity index (χ0v) is 14.2. The molecule has 1 aromatic carbocycles. The molecule has 9 nitrogen and oxygen atoms in total. The van der Waals surface area contributed by atoms with Crippen molar-refractivity contribution in [1.82, 2.24) is 24.7 Å². The van der Waals surface area contributed by atoms with Gasteiger partial charge >= 0.3 is 0 Å². The highest BCUT2D eigenvalue weighted by molar-refractivity contribution is 6.02. The van der Waals surface area contributed by atoms with E-state index in [1.807, 2.05) is 0 Å². The number of benzene rings is 1. The standard InChI is InChI=1S/C17H17N7O2/c1-11-7-20-15(8-19-11)17(26)23-14-5-3-13(4-6-14)22-16(25)12(2)24-10-18-9-21-24/h3-10,12H,1-2H3,(H,22,25)(H,23,26). The Hall–Kier alpha value is -3.62. The van der Waals surface area contributed by atoms with E-state index in [9.17, 15) is 9.59 Å². The van der Waals surface area contributed by atoms with Gasteiger partial charge in [0.2, 0.25) is 5.91 Å². The van der Waals surface area contributed by atoms with Gasteiger partial charge in [-0.15, -0.1) is 0 Å². The molecule has 0 fully saturated rings. The Morgan fingerprint density at radius 2 is 1.73 bits per heavy atom. The zero-order valence-electron chi connectivity index (χ0n) is 14.2. The summed E-state index contributed by atoms with van der Waals surface area (Å²) in [7, 11) is 0. The Labute approximate surface area is 149 Å². The van der Waals surface area contributed by atoms with Crippen molar-refractivity contribution in [3.63, 3.8) is 0 Å². The molecule has 1 atom stereocenters. The van der Waals surface area contributed by atoms with Gasteiger partial charge < -0.3 is 10.6 Å². The fourth-order valence-corrected chi connectivity index (χ4v) is 2.13. The van der Waals surface area contributed by atoms with E-state index in [1.165, 1.54) is 29.7 Å². The quantitative estimate of drug-likeness (QED) is 0.725. The van der Waals surface area contributed by atoms with Crippen LogP contribution >= 0.6 is 0 Å². The van der Waals surface area contributed by atoms with Gasteiger partial charge in [0.1, 0.15) is 24.4 Å². The Morgan fingerprint density at radius 3 is 2.31 bits per heavy atom. The first-order valence-electron chi connectivity index (χ1n) is 7.88. The van der Waals surface area contributed by atoms with Crippen LogP contribution in [0.15, 0.2) is 49.3 Å². The lowest BCUT2D eigenvalue weighted by Crippen LogP contribution is -2.24. The maximum Gasteiger partial charge on any atom is 0.275 e. The van der Waals surface area contributed by atoms with Crippen molar-refractivity contribution >= 4 is 23.2 Å². The third-order valence-electron chi connectivity index (χ3n) is 3.64. The molecule has 2 heterocycles. The Bertz CT molecular complexity index is 890. The van der Waals surface area contributed by atoms with Gasteiger partial charge in [0, 0.05) is 17.6 Å². The van der Waals surface area contributed by atoms with Crippen LogP contribution in [0.4, 0.5) is 11.4 Å². The van der Waals surface area contributed by atoms with E-state index >= 15 is 0 Å².